The monoisotopic (exact) mass is 274 g/mol. The largest absolute Gasteiger partial charge is 0.406 e. The average molecular weight is 275 g/mol. The van der Waals surface area contributed by atoms with E-state index < -0.39 is 29.7 Å². The average Bonchev–Trinajstić information content (AvgIpc) is 2.76. The van der Waals surface area contributed by atoms with E-state index in [4.69, 9.17) is 5.73 Å². The first kappa shape index (κ1) is 16.5. The van der Waals surface area contributed by atoms with E-state index in [1.54, 1.807) is 20.8 Å². The number of carbonyl (C=O) groups is 1. The molecule has 102 valence electrons. The zero-order chi connectivity index (χ0) is 12.8. The fourth-order valence-corrected chi connectivity index (χ4v) is 1.41. The van der Waals surface area contributed by atoms with Crippen molar-refractivity contribution in [3.63, 3.8) is 0 Å². The molecule has 0 aromatic heterocycles. The highest BCUT2D eigenvalue weighted by Gasteiger charge is 2.51. The van der Waals surface area contributed by atoms with Crippen molar-refractivity contribution in [1.29, 1.82) is 0 Å². The number of nitrogens with two attached hydrogens (primary N) is 1. The first-order valence-corrected chi connectivity index (χ1v) is 5.13. The Balaban J connectivity index is 0.00000256. The maximum Gasteiger partial charge on any atom is 0.406 e. The second kappa shape index (κ2) is 4.65. The Morgan fingerprint density at radius 3 is 1.94 bits per heavy atom. The van der Waals surface area contributed by atoms with E-state index in [0.29, 0.717) is 12.8 Å². The third-order valence-electron chi connectivity index (χ3n) is 2.61. The molecule has 1 aliphatic rings. The molecule has 2 N–H and O–H groups in total. The molecule has 1 aliphatic carbocycles. The zero-order valence-corrected chi connectivity index (χ0v) is 10.9. The molecule has 0 unspecified atom stereocenters. The van der Waals surface area contributed by atoms with Gasteiger partial charge in [-0.05, 0) is 33.6 Å². The summed E-state index contributed by atoms with van der Waals surface area (Å²) in [4.78, 5) is 12.7. The van der Waals surface area contributed by atoms with Crippen LogP contribution >= 0.6 is 12.4 Å². The van der Waals surface area contributed by atoms with Crippen molar-refractivity contribution in [1.82, 2.24) is 4.90 Å². The Kier molecular flexibility index (Phi) is 4.51. The van der Waals surface area contributed by atoms with Crippen LogP contribution in [-0.2, 0) is 4.79 Å². The first-order valence-electron chi connectivity index (χ1n) is 5.13. The predicted octanol–water partition coefficient (Wildman–Crippen LogP) is 2.09. The van der Waals surface area contributed by atoms with Gasteiger partial charge in [-0.3, -0.25) is 4.79 Å². The molecular formula is C10H18ClF3N2O. The predicted molar refractivity (Wildman–Crippen MR) is 60.9 cm³/mol. The number of carbonyl (C=O) groups excluding carboxylic acids is 1. The van der Waals surface area contributed by atoms with Gasteiger partial charge in [0.15, 0.2) is 0 Å². The molecule has 0 heterocycles. The summed E-state index contributed by atoms with van der Waals surface area (Å²) in [7, 11) is 0. The molecule has 0 atom stereocenters. The van der Waals surface area contributed by atoms with Crippen molar-refractivity contribution >= 4 is 18.3 Å². The van der Waals surface area contributed by atoms with Gasteiger partial charge in [0.05, 0.1) is 5.54 Å². The van der Waals surface area contributed by atoms with Crippen LogP contribution in [0.1, 0.15) is 33.6 Å². The van der Waals surface area contributed by atoms with Crippen molar-refractivity contribution in [3.8, 4) is 0 Å². The summed E-state index contributed by atoms with van der Waals surface area (Å²) < 4.78 is 37.1. The number of alkyl halides is 3. The van der Waals surface area contributed by atoms with Crippen LogP contribution in [0.4, 0.5) is 13.2 Å². The third kappa shape index (κ3) is 4.35. The second-order valence-corrected chi connectivity index (χ2v) is 5.33. The van der Waals surface area contributed by atoms with Gasteiger partial charge in [0.25, 0.3) is 0 Å². The van der Waals surface area contributed by atoms with E-state index in [9.17, 15) is 18.0 Å². The van der Waals surface area contributed by atoms with Crippen LogP contribution in [0.3, 0.4) is 0 Å². The van der Waals surface area contributed by atoms with Gasteiger partial charge in [0.1, 0.15) is 6.54 Å². The number of nitrogens with zero attached hydrogens (tertiary/aromatic N) is 1. The minimum absolute atomic E-state index is 0. The highest BCUT2D eigenvalue weighted by molar-refractivity contribution is 5.89. The van der Waals surface area contributed by atoms with Crippen molar-refractivity contribution in [2.24, 2.45) is 5.73 Å². The summed E-state index contributed by atoms with van der Waals surface area (Å²) in [5.41, 5.74) is 3.72. The van der Waals surface area contributed by atoms with Crippen LogP contribution in [0.25, 0.3) is 0 Å². The molecule has 3 nitrogen and oxygen atoms in total. The standard InChI is InChI=1S/C10H17F3N2O.ClH/c1-8(2,3)15(6-10(11,12)13)7(16)9(14)4-5-9;/h4-6,14H2,1-3H3;1H. The smallest absolute Gasteiger partial charge is 0.327 e. The van der Waals surface area contributed by atoms with Crippen LogP contribution in [0.2, 0.25) is 0 Å². The summed E-state index contributed by atoms with van der Waals surface area (Å²) in [6.07, 6.45) is -3.46. The topological polar surface area (TPSA) is 46.3 Å². The minimum atomic E-state index is -4.39. The van der Waals surface area contributed by atoms with Gasteiger partial charge < -0.3 is 10.6 Å². The van der Waals surface area contributed by atoms with E-state index in [1.165, 1.54) is 0 Å². The molecule has 0 spiro atoms. The van der Waals surface area contributed by atoms with Gasteiger partial charge in [0.2, 0.25) is 5.91 Å². The summed E-state index contributed by atoms with van der Waals surface area (Å²) >= 11 is 0. The van der Waals surface area contributed by atoms with Crippen LogP contribution < -0.4 is 5.73 Å². The Morgan fingerprint density at radius 1 is 1.29 bits per heavy atom. The molecule has 17 heavy (non-hydrogen) atoms. The van der Waals surface area contributed by atoms with E-state index in [2.05, 4.69) is 0 Å². The number of hydrogen-bond donors (Lipinski definition) is 1. The van der Waals surface area contributed by atoms with Gasteiger partial charge >= 0.3 is 6.18 Å². The minimum Gasteiger partial charge on any atom is -0.327 e. The molecular weight excluding hydrogens is 257 g/mol. The summed E-state index contributed by atoms with van der Waals surface area (Å²) in [5, 5.41) is 0. The van der Waals surface area contributed by atoms with Crippen LogP contribution in [0.15, 0.2) is 0 Å². The number of hydrogen-bond acceptors (Lipinski definition) is 2. The Hall–Kier alpha value is -0.490. The molecule has 1 saturated carbocycles. The normalized spacial score (nSPS) is 18.3. The maximum atomic E-state index is 12.4. The lowest BCUT2D eigenvalue weighted by Gasteiger charge is -2.37. The fraction of sp³-hybridized carbons (Fsp3) is 0.900. The molecule has 0 radical (unpaired) electrons. The summed E-state index contributed by atoms with van der Waals surface area (Å²) in [6, 6.07) is 0. The molecule has 7 heteroatoms. The molecule has 1 amide bonds. The lowest BCUT2D eigenvalue weighted by Crippen LogP contribution is -2.56. The third-order valence-corrected chi connectivity index (χ3v) is 2.61. The maximum absolute atomic E-state index is 12.4. The van der Waals surface area contributed by atoms with Crippen molar-refractivity contribution in [3.05, 3.63) is 0 Å². The summed E-state index contributed by atoms with van der Waals surface area (Å²) in [6.45, 7) is 3.47. The second-order valence-electron chi connectivity index (χ2n) is 5.33. The molecule has 1 rings (SSSR count). The lowest BCUT2D eigenvalue weighted by atomic mass is 10.0. The number of amides is 1. The van der Waals surface area contributed by atoms with E-state index in [0.717, 1.165) is 4.90 Å². The molecule has 0 aromatic carbocycles. The Morgan fingerprint density at radius 2 is 1.71 bits per heavy atom. The quantitative estimate of drug-likeness (QED) is 0.838. The summed E-state index contributed by atoms with van der Waals surface area (Å²) in [5.74, 6) is -0.600. The van der Waals surface area contributed by atoms with E-state index in [1.807, 2.05) is 0 Å². The van der Waals surface area contributed by atoms with Gasteiger partial charge in [-0.2, -0.15) is 13.2 Å². The fourth-order valence-electron chi connectivity index (χ4n) is 1.41. The highest BCUT2D eigenvalue weighted by Crippen LogP contribution is 2.37. The van der Waals surface area contributed by atoms with Gasteiger partial charge in [-0.15, -0.1) is 12.4 Å². The highest BCUT2D eigenvalue weighted by atomic mass is 35.5. The van der Waals surface area contributed by atoms with E-state index in [-0.39, 0.29) is 12.4 Å². The molecule has 0 saturated heterocycles. The molecule has 0 aromatic rings. The Bertz CT molecular complexity index is 295. The molecule has 0 aliphatic heterocycles. The van der Waals surface area contributed by atoms with Crippen molar-refractivity contribution in [2.75, 3.05) is 6.54 Å². The van der Waals surface area contributed by atoms with E-state index >= 15 is 0 Å². The lowest BCUT2D eigenvalue weighted by molar-refractivity contribution is -0.171. The molecule has 0 bridgehead atoms. The van der Waals surface area contributed by atoms with Gasteiger partial charge in [-0.25, -0.2) is 0 Å². The molecule has 1 fully saturated rings. The SMILES string of the molecule is CC(C)(C)N(CC(F)(F)F)C(=O)C1(N)CC1.Cl. The van der Waals surface area contributed by atoms with Crippen molar-refractivity contribution < 1.29 is 18.0 Å². The van der Waals surface area contributed by atoms with Crippen LogP contribution in [0.5, 0.6) is 0 Å². The van der Waals surface area contributed by atoms with Gasteiger partial charge in [-0.1, -0.05) is 0 Å². The van der Waals surface area contributed by atoms with Crippen LogP contribution in [-0.4, -0.2) is 34.6 Å². The van der Waals surface area contributed by atoms with Crippen molar-refractivity contribution in [2.45, 2.75) is 50.9 Å². The Labute approximate surface area is 105 Å². The number of halogens is 4. The van der Waals surface area contributed by atoms with Crippen LogP contribution in [0, 0.1) is 0 Å². The zero-order valence-electron chi connectivity index (χ0n) is 10.1. The first-order chi connectivity index (χ1) is 6.96. The number of rotatable bonds is 2. The van der Waals surface area contributed by atoms with Gasteiger partial charge in [0, 0.05) is 5.54 Å².